The van der Waals surface area contributed by atoms with Gasteiger partial charge >= 0.3 is 0 Å². The number of rotatable bonds is 2. The molecule has 0 aromatic heterocycles. The number of anilines is 1. The third kappa shape index (κ3) is 2.75. The molecule has 0 aliphatic carbocycles. The van der Waals surface area contributed by atoms with E-state index in [1.54, 1.807) is 6.92 Å². The first-order chi connectivity index (χ1) is 10.1. The van der Waals surface area contributed by atoms with E-state index in [9.17, 15) is 4.79 Å². The summed E-state index contributed by atoms with van der Waals surface area (Å²) in [6.45, 7) is 3.70. The van der Waals surface area contributed by atoms with Crippen molar-refractivity contribution in [3.8, 4) is 0 Å². The zero-order valence-electron chi connectivity index (χ0n) is 12.4. The van der Waals surface area contributed by atoms with Crippen LogP contribution in [-0.2, 0) is 11.2 Å². The fourth-order valence-corrected chi connectivity index (χ4v) is 2.91. The SMILES string of the molecule is CC(=O)N1c2cc(C)ccc2C[C@H]1/C=C/c1ccccc1. The van der Waals surface area contributed by atoms with E-state index < -0.39 is 0 Å². The van der Waals surface area contributed by atoms with Crippen LogP contribution < -0.4 is 4.90 Å². The van der Waals surface area contributed by atoms with Gasteiger partial charge in [-0.05, 0) is 36.1 Å². The maximum atomic E-state index is 12.0. The molecular formula is C19H19NO. The Morgan fingerprint density at radius 2 is 1.95 bits per heavy atom. The number of amides is 1. The van der Waals surface area contributed by atoms with E-state index >= 15 is 0 Å². The number of benzene rings is 2. The van der Waals surface area contributed by atoms with Gasteiger partial charge in [0.1, 0.15) is 0 Å². The fraction of sp³-hybridized carbons (Fsp3) is 0.211. The normalized spacial score (nSPS) is 17.2. The first kappa shape index (κ1) is 13.6. The Bertz CT molecular complexity index is 688. The van der Waals surface area contributed by atoms with Crippen molar-refractivity contribution in [1.82, 2.24) is 0 Å². The Hall–Kier alpha value is -2.35. The lowest BCUT2D eigenvalue weighted by molar-refractivity contribution is -0.116. The van der Waals surface area contributed by atoms with Crippen molar-refractivity contribution in [2.45, 2.75) is 26.3 Å². The monoisotopic (exact) mass is 277 g/mol. The standard InChI is InChI=1S/C19H19NO/c1-14-8-10-17-13-18(20(15(2)21)19(17)12-14)11-9-16-6-4-3-5-7-16/h3-12,18H,13H2,1-2H3/b11-9+/t18-/m1/s1. The van der Waals surface area contributed by atoms with E-state index in [1.807, 2.05) is 23.1 Å². The van der Waals surface area contributed by atoms with Gasteiger partial charge in [-0.3, -0.25) is 4.79 Å². The highest BCUT2D eigenvalue weighted by atomic mass is 16.2. The number of nitrogens with zero attached hydrogens (tertiary/aromatic N) is 1. The zero-order valence-corrected chi connectivity index (χ0v) is 12.4. The molecule has 0 N–H and O–H groups in total. The molecule has 0 fully saturated rings. The molecule has 21 heavy (non-hydrogen) atoms. The second-order valence-corrected chi connectivity index (χ2v) is 5.56. The minimum absolute atomic E-state index is 0.0991. The number of hydrogen-bond acceptors (Lipinski definition) is 1. The van der Waals surface area contributed by atoms with Gasteiger partial charge in [-0.1, -0.05) is 54.6 Å². The quantitative estimate of drug-likeness (QED) is 0.813. The van der Waals surface area contributed by atoms with Crippen molar-refractivity contribution in [2.24, 2.45) is 0 Å². The second-order valence-electron chi connectivity index (χ2n) is 5.56. The predicted octanol–water partition coefficient (Wildman–Crippen LogP) is 3.99. The molecule has 0 radical (unpaired) electrons. The fourth-order valence-electron chi connectivity index (χ4n) is 2.91. The molecule has 1 aliphatic rings. The number of carbonyl (C=O) groups excluding carboxylic acids is 1. The molecule has 2 heteroatoms. The highest BCUT2D eigenvalue weighted by molar-refractivity contribution is 5.95. The van der Waals surface area contributed by atoms with E-state index in [-0.39, 0.29) is 11.9 Å². The van der Waals surface area contributed by atoms with Crippen molar-refractivity contribution >= 4 is 17.7 Å². The highest BCUT2D eigenvalue weighted by Gasteiger charge is 2.30. The summed E-state index contributed by atoms with van der Waals surface area (Å²) in [5, 5.41) is 0. The smallest absolute Gasteiger partial charge is 0.224 e. The lowest BCUT2D eigenvalue weighted by atomic mass is 10.1. The maximum Gasteiger partial charge on any atom is 0.224 e. The molecule has 0 bridgehead atoms. The average molecular weight is 277 g/mol. The van der Waals surface area contributed by atoms with E-state index in [0.717, 1.165) is 17.7 Å². The first-order valence-corrected chi connectivity index (χ1v) is 7.28. The van der Waals surface area contributed by atoms with E-state index in [1.165, 1.54) is 11.1 Å². The Labute approximate surface area is 125 Å². The summed E-state index contributed by atoms with van der Waals surface area (Å²) in [7, 11) is 0. The Kier molecular flexibility index (Phi) is 3.61. The van der Waals surface area contributed by atoms with Crippen LogP contribution in [0.2, 0.25) is 0 Å². The minimum Gasteiger partial charge on any atom is -0.305 e. The van der Waals surface area contributed by atoms with Gasteiger partial charge in [0.05, 0.1) is 6.04 Å². The summed E-state index contributed by atoms with van der Waals surface area (Å²) >= 11 is 0. The van der Waals surface area contributed by atoms with Gasteiger partial charge < -0.3 is 4.90 Å². The van der Waals surface area contributed by atoms with Crippen LogP contribution in [0.1, 0.15) is 23.6 Å². The third-order valence-electron chi connectivity index (χ3n) is 3.91. The molecule has 2 aromatic carbocycles. The summed E-state index contributed by atoms with van der Waals surface area (Å²) in [5.41, 5.74) is 4.66. The molecule has 1 aliphatic heterocycles. The molecular weight excluding hydrogens is 258 g/mol. The Morgan fingerprint density at radius 3 is 2.67 bits per heavy atom. The van der Waals surface area contributed by atoms with Gasteiger partial charge in [-0.25, -0.2) is 0 Å². The molecule has 1 amide bonds. The molecule has 2 nitrogen and oxygen atoms in total. The van der Waals surface area contributed by atoms with Crippen molar-refractivity contribution in [3.05, 3.63) is 71.3 Å². The van der Waals surface area contributed by atoms with Crippen LogP contribution in [0.4, 0.5) is 5.69 Å². The average Bonchev–Trinajstić information content (AvgIpc) is 2.84. The van der Waals surface area contributed by atoms with Crippen LogP contribution in [-0.4, -0.2) is 11.9 Å². The molecule has 0 saturated carbocycles. The van der Waals surface area contributed by atoms with Crippen LogP contribution in [0.15, 0.2) is 54.6 Å². The zero-order chi connectivity index (χ0) is 14.8. The Morgan fingerprint density at radius 1 is 1.19 bits per heavy atom. The molecule has 0 spiro atoms. The van der Waals surface area contributed by atoms with Gasteiger partial charge in [0.2, 0.25) is 5.91 Å². The predicted molar refractivity (Wildman–Crippen MR) is 87.3 cm³/mol. The van der Waals surface area contributed by atoms with Gasteiger partial charge in [-0.2, -0.15) is 0 Å². The maximum absolute atomic E-state index is 12.0. The van der Waals surface area contributed by atoms with E-state index in [2.05, 4.69) is 49.4 Å². The Balaban J connectivity index is 1.90. The number of aryl methyl sites for hydroxylation is 1. The van der Waals surface area contributed by atoms with Crippen LogP contribution >= 0.6 is 0 Å². The largest absolute Gasteiger partial charge is 0.305 e. The summed E-state index contributed by atoms with van der Waals surface area (Å²) in [4.78, 5) is 13.9. The highest BCUT2D eigenvalue weighted by Crippen LogP contribution is 2.33. The molecule has 106 valence electrons. The number of hydrogen-bond donors (Lipinski definition) is 0. The molecule has 0 saturated heterocycles. The molecule has 0 unspecified atom stereocenters. The van der Waals surface area contributed by atoms with Crippen molar-refractivity contribution < 1.29 is 4.79 Å². The van der Waals surface area contributed by atoms with Gasteiger partial charge in [-0.15, -0.1) is 0 Å². The lowest BCUT2D eigenvalue weighted by Crippen LogP contribution is -2.34. The van der Waals surface area contributed by atoms with Crippen molar-refractivity contribution in [2.75, 3.05) is 4.90 Å². The van der Waals surface area contributed by atoms with Gasteiger partial charge in [0.15, 0.2) is 0 Å². The van der Waals surface area contributed by atoms with E-state index in [4.69, 9.17) is 0 Å². The van der Waals surface area contributed by atoms with Crippen LogP contribution in [0.25, 0.3) is 6.08 Å². The first-order valence-electron chi connectivity index (χ1n) is 7.28. The van der Waals surface area contributed by atoms with Crippen LogP contribution in [0.5, 0.6) is 0 Å². The van der Waals surface area contributed by atoms with Gasteiger partial charge in [0.25, 0.3) is 0 Å². The lowest BCUT2D eigenvalue weighted by Gasteiger charge is -2.21. The van der Waals surface area contributed by atoms with Crippen molar-refractivity contribution in [1.29, 1.82) is 0 Å². The topological polar surface area (TPSA) is 20.3 Å². The van der Waals surface area contributed by atoms with Gasteiger partial charge in [0, 0.05) is 12.6 Å². The van der Waals surface area contributed by atoms with Crippen LogP contribution in [0.3, 0.4) is 0 Å². The molecule has 1 heterocycles. The van der Waals surface area contributed by atoms with Crippen molar-refractivity contribution in [3.63, 3.8) is 0 Å². The number of carbonyl (C=O) groups is 1. The third-order valence-corrected chi connectivity index (χ3v) is 3.91. The minimum atomic E-state index is 0.0991. The summed E-state index contributed by atoms with van der Waals surface area (Å²) in [6.07, 6.45) is 5.12. The second kappa shape index (κ2) is 5.57. The number of fused-ring (bicyclic) bond motifs is 1. The van der Waals surface area contributed by atoms with Crippen LogP contribution in [0, 0.1) is 6.92 Å². The molecule has 2 aromatic rings. The summed E-state index contributed by atoms with van der Waals surface area (Å²) in [5.74, 6) is 0.0991. The molecule has 3 rings (SSSR count). The molecule has 1 atom stereocenters. The summed E-state index contributed by atoms with van der Waals surface area (Å²) in [6, 6.07) is 16.7. The summed E-state index contributed by atoms with van der Waals surface area (Å²) < 4.78 is 0. The van der Waals surface area contributed by atoms with E-state index in [0.29, 0.717) is 0 Å².